The molecule has 0 radical (unpaired) electrons. The molecule has 6 heteroatoms. The number of hydrogen-bond donors (Lipinski definition) is 2. The number of hydrogen-bond acceptors (Lipinski definition) is 4. The van der Waals surface area contributed by atoms with E-state index >= 15 is 0 Å². The summed E-state index contributed by atoms with van der Waals surface area (Å²) in [4.78, 5) is 2.49. The molecule has 0 bridgehead atoms. The summed E-state index contributed by atoms with van der Waals surface area (Å²) in [5, 5.41) is 11.9. The van der Waals surface area contributed by atoms with Crippen LogP contribution in [0.15, 0.2) is 60.7 Å². The summed E-state index contributed by atoms with van der Waals surface area (Å²) in [7, 11) is 1.60. The van der Waals surface area contributed by atoms with Gasteiger partial charge in [0.1, 0.15) is 5.54 Å². The van der Waals surface area contributed by atoms with Crippen LogP contribution in [0.1, 0.15) is 18.4 Å². The van der Waals surface area contributed by atoms with Crippen molar-refractivity contribution in [3.8, 4) is 0 Å². The molecule has 1 fully saturated rings. The number of para-hydroxylation sites is 1. The Bertz CT molecular complexity index is 674. The molecule has 1 heterocycles. The van der Waals surface area contributed by atoms with Crippen LogP contribution >= 0.6 is 24.8 Å². The maximum atomic E-state index is 8.33. The predicted octanol–water partition coefficient (Wildman–Crippen LogP) is 4.64. The average Bonchev–Trinajstić information content (AvgIpc) is 2.68. The van der Waals surface area contributed by atoms with Gasteiger partial charge >= 0.3 is 0 Å². The number of piperidine rings is 1. The fourth-order valence-electron chi connectivity index (χ4n) is 3.49. The molecular weight excluding hydrogens is 381 g/mol. The van der Waals surface area contributed by atoms with Crippen LogP contribution in [-0.4, -0.2) is 43.1 Å². The summed E-state index contributed by atoms with van der Waals surface area (Å²) in [5.74, 6) is 0.332. The molecule has 148 valence electrons. The van der Waals surface area contributed by atoms with Crippen LogP contribution in [0.5, 0.6) is 0 Å². The highest BCUT2D eigenvalue weighted by Crippen LogP contribution is 2.28. The van der Waals surface area contributed by atoms with Gasteiger partial charge in [-0.1, -0.05) is 48.5 Å². The molecule has 4 nitrogen and oxygen atoms in total. The van der Waals surface area contributed by atoms with Crippen molar-refractivity contribution in [1.82, 2.24) is 4.90 Å². The maximum Gasteiger partial charge on any atom is 0.206 e. The molecule has 2 aromatic carbocycles. The highest BCUT2D eigenvalue weighted by Gasteiger charge is 2.39. The van der Waals surface area contributed by atoms with Crippen LogP contribution in [0.25, 0.3) is 0 Å². The summed E-state index contributed by atoms with van der Waals surface area (Å²) in [6, 6.07) is 20.8. The number of benzene rings is 2. The van der Waals surface area contributed by atoms with E-state index in [1.165, 1.54) is 5.56 Å². The third kappa shape index (κ3) is 6.13. The van der Waals surface area contributed by atoms with Crippen LogP contribution in [0.4, 0.5) is 5.69 Å². The van der Waals surface area contributed by atoms with E-state index in [2.05, 4.69) is 40.5 Å². The van der Waals surface area contributed by atoms with Gasteiger partial charge in [-0.25, -0.2) is 0 Å². The minimum Gasteiger partial charge on any atom is -0.483 e. The predicted molar refractivity (Wildman–Crippen MR) is 118 cm³/mol. The Morgan fingerprint density at radius 1 is 1.00 bits per heavy atom. The summed E-state index contributed by atoms with van der Waals surface area (Å²) >= 11 is 0. The lowest BCUT2D eigenvalue weighted by atomic mass is 9.86. The van der Waals surface area contributed by atoms with Crippen LogP contribution < -0.4 is 5.32 Å². The second-order valence-electron chi connectivity index (χ2n) is 6.68. The maximum absolute atomic E-state index is 8.33. The van der Waals surface area contributed by atoms with E-state index in [0.717, 1.165) is 44.6 Å². The van der Waals surface area contributed by atoms with Crippen LogP contribution in [0.3, 0.4) is 0 Å². The van der Waals surface area contributed by atoms with Gasteiger partial charge in [-0.3, -0.25) is 5.41 Å². The van der Waals surface area contributed by atoms with Gasteiger partial charge in [-0.15, -0.1) is 24.8 Å². The topological polar surface area (TPSA) is 48.4 Å². The van der Waals surface area contributed by atoms with E-state index in [1.54, 1.807) is 7.11 Å². The summed E-state index contributed by atoms with van der Waals surface area (Å²) in [6.07, 6.45) is 2.83. The fourth-order valence-corrected chi connectivity index (χ4v) is 3.49. The standard InChI is InChI=1S/C21H27N3O.2ClH/c1-25-20(22)21(23-19-10-6-3-7-11-19)13-16-24(17-14-21)15-12-18-8-4-2-5-9-18;;/h2-11,22-23H,12-17H2,1H3;2*1H. The lowest BCUT2D eigenvalue weighted by Gasteiger charge is -2.42. The van der Waals surface area contributed by atoms with E-state index in [4.69, 9.17) is 10.1 Å². The number of rotatable bonds is 6. The number of anilines is 1. The van der Waals surface area contributed by atoms with Gasteiger partial charge < -0.3 is 15.0 Å². The van der Waals surface area contributed by atoms with Crippen LogP contribution in [-0.2, 0) is 11.2 Å². The zero-order valence-corrected chi connectivity index (χ0v) is 17.3. The normalized spacial score (nSPS) is 15.7. The Hall–Kier alpha value is -1.75. The van der Waals surface area contributed by atoms with Crippen molar-refractivity contribution < 1.29 is 4.74 Å². The first kappa shape index (κ1) is 23.3. The lowest BCUT2D eigenvalue weighted by Crippen LogP contribution is -2.54. The summed E-state index contributed by atoms with van der Waals surface area (Å²) < 4.78 is 5.33. The van der Waals surface area contributed by atoms with E-state index in [1.807, 2.05) is 30.3 Å². The third-order valence-electron chi connectivity index (χ3n) is 5.07. The Morgan fingerprint density at radius 2 is 1.56 bits per heavy atom. The molecule has 2 N–H and O–H groups in total. The van der Waals surface area contributed by atoms with Gasteiger partial charge in [0, 0.05) is 25.3 Å². The van der Waals surface area contributed by atoms with E-state index in [-0.39, 0.29) is 24.8 Å². The molecule has 0 aromatic heterocycles. The Labute approximate surface area is 174 Å². The van der Waals surface area contributed by atoms with Gasteiger partial charge in [0.2, 0.25) is 5.90 Å². The molecule has 0 saturated carbocycles. The van der Waals surface area contributed by atoms with Crippen molar-refractivity contribution in [2.24, 2.45) is 0 Å². The van der Waals surface area contributed by atoms with Crippen molar-refractivity contribution in [1.29, 1.82) is 5.41 Å². The Morgan fingerprint density at radius 3 is 2.11 bits per heavy atom. The van der Waals surface area contributed by atoms with E-state index in [0.29, 0.717) is 5.90 Å². The second kappa shape index (κ2) is 11.2. The number of ether oxygens (including phenoxy) is 1. The number of methoxy groups -OCH3 is 1. The molecule has 27 heavy (non-hydrogen) atoms. The second-order valence-corrected chi connectivity index (χ2v) is 6.68. The monoisotopic (exact) mass is 409 g/mol. The lowest BCUT2D eigenvalue weighted by molar-refractivity contribution is 0.188. The Balaban J connectivity index is 0.00000182. The Kier molecular flexibility index (Phi) is 9.64. The first-order valence-electron chi connectivity index (χ1n) is 8.94. The quantitative estimate of drug-likeness (QED) is 0.539. The fraction of sp³-hybridized carbons (Fsp3) is 0.381. The third-order valence-corrected chi connectivity index (χ3v) is 5.07. The molecule has 1 aliphatic rings. The number of halogens is 2. The van der Waals surface area contributed by atoms with E-state index in [9.17, 15) is 0 Å². The van der Waals surface area contributed by atoms with Gasteiger partial charge in [0.05, 0.1) is 7.11 Å². The number of nitrogens with one attached hydrogen (secondary N) is 2. The van der Waals surface area contributed by atoms with Crippen molar-refractivity contribution in [3.63, 3.8) is 0 Å². The van der Waals surface area contributed by atoms with Crippen molar-refractivity contribution in [2.75, 3.05) is 32.1 Å². The molecule has 1 saturated heterocycles. The van der Waals surface area contributed by atoms with Crippen molar-refractivity contribution >= 4 is 36.4 Å². The molecular formula is C21H29Cl2N3O. The molecule has 2 aromatic rings. The molecule has 0 aliphatic carbocycles. The average molecular weight is 410 g/mol. The van der Waals surface area contributed by atoms with Crippen molar-refractivity contribution in [3.05, 3.63) is 66.2 Å². The van der Waals surface area contributed by atoms with Crippen molar-refractivity contribution in [2.45, 2.75) is 24.8 Å². The SMILES string of the molecule is COC(=N)C1(Nc2ccccc2)CCN(CCc2ccccc2)CC1.Cl.Cl. The molecule has 0 atom stereocenters. The van der Waals surface area contributed by atoms with Gasteiger partial charge in [-0.2, -0.15) is 0 Å². The highest BCUT2D eigenvalue weighted by molar-refractivity contribution is 5.87. The van der Waals surface area contributed by atoms with Gasteiger partial charge in [0.15, 0.2) is 0 Å². The number of likely N-dealkylation sites (tertiary alicyclic amines) is 1. The zero-order valence-electron chi connectivity index (χ0n) is 15.7. The molecule has 0 spiro atoms. The molecule has 3 rings (SSSR count). The van der Waals surface area contributed by atoms with Crippen LogP contribution in [0, 0.1) is 5.41 Å². The first-order valence-corrected chi connectivity index (χ1v) is 8.94. The minimum atomic E-state index is -0.403. The summed E-state index contributed by atoms with van der Waals surface area (Å²) in [5.41, 5.74) is 2.02. The highest BCUT2D eigenvalue weighted by atomic mass is 35.5. The molecule has 0 unspecified atom stereocenters. The first-order chi connectivity index (χ1) is 12.2. The summed E-state index contributed by atoms with van der Waals surface area (Å²) in [6.45, 7) is 3.00. The number of nitrogens with zero attached hydrogens (tertiary/aromatic N) is 1. The van der Waals surface area contributed by atoms with Crippen LogP contribution in [0.2, 0.25) is 0 Å². The smallest absolute Gasteiger partial charge is 0.206 e. The minimum absolute atomic E-state index is 0. The largest absolute Gasteiger partial charge is 0.483 e. The van der Waals surface area contributed by atoms with Gasteiger partial charge in [-0.05, 0) is 37.0 Å². The van der Waals surface area contributed by atoms with E-state index < -0.39 is 5.54 Å². The van der Waals surface area contributed by atoms with Gasteiger partial charge in [0.25, 0.3) is 0 Å². The zero-order chi connectivity index (χ0) is 17.5. The molecule has 1 aliphatic heterocycles. The molecule has 0 amide bonds.